The highest BCUT2D eigenvalue weighted by Crippen LogP contribution is 2.20. The van der Waals surface area contributed by atoms with Crippen molar-refractivity contribution >= 4 is 11.8 Å². The van der Waals surface area contributed by atoms with Crippen LogP contribution in [0.25, 0.3) is 0 Å². The van der Waals surface area contributed by atoms with Gasteiger partial charge in [-0.2, -0.15) is 11.8 Å². The Balaban J connectivity index is 0.00000784. The van der Waals surface area contributed by atoms with Crippen molar-refractivity contribution in [3.63, 3.8) is 0 Å². The fourth-order valence-electron chi connectivity index (χ4n) is 4.58. The molecule has 0 aromatic carbocycles. The van der Waals surface area contributed by atoms with Gasteiger partial charge < -0.3 is 33.2 Å². The summed E-state index contributed by atoms with van der Waals surface area (Å²) < 4.78 is 7.00. The number of hydrogen-bond acceptors (Lipinski definition) is 2. The van der Waals surface area contributed by atoms with E-state index in [0.29, 0.717) is 6.10 Å². The van der Waals surface area contributed by atoms with E-state index in [2.05, 4.69) is 25.7 Å². The average Bonchev–Trinajstić information content (AvgIpc) is 3.13. The lowest BCUT2D eigenvalue weighted by molar-refractivity contribution is -0.900. The smallest absolute Gasteiger partial charge is 0.115 e. The van der Waals surface area contributed by atoms with Crippen LogP contribution < -0.4 is 24.0 Å². The molecule has 1 atom stereocenters. The molecule has 2 nitrogen and oxygen atoms in total. The van der Waals surface area contributed by atoms with E-state index in [1.165, 1.54) is 138 Å². The van der Waals surface area contributed by atoms with Crippen LogP contribution in [0.1, 0.15) is 110 Å². The molecule has 0 aromatic rings. The summed E-state index contributed by atoms with van der Waals surface area (Å²) in [5, 5.41) is 0. The Labute approximate surface area is 205 Å². The molecule has 1 rings (SSSR count). The normalized spacial score (nSPS) is 16.7. The summed E-state index contributed by atoms with van der Waals surface area (Å²) in [6.45, 7) is 6.21. The number of unbranched alkanes of at least 4 members (excludes halogenated alkanes) is 13. The molecular formula is C25H52INOS. The molecule has 1 aliphatic rings. The van der Waals surface area contributed by atoms with Crippen LogP contribution in [0, 0.1) is 0 Å². The third kappa shape index (κ3) is 17.3. The van der Waals surface area contributed by atoms with Crippen LogP contribution >= 0.6 is 11.8 Å². The maximum Gasteiger partial charge on any atom is 0.115 e. The predicted molar refractivity (Wildman–Crippen MR) is 128 cm³/mol. The molecule has 4 heteroatoms. The summed E-state index contributed by atoms with van der Waals surface area (Å²) >= 11 is 2.12. The number of nitrogens with zero attached hydrogens (tertiary/aromatic N) is 1. The summed E-state index contributed by atoms with van der Waals surface area (Å²) in [5.74, 6) is 2.50. The minimum absolute atomic E-state index is 0. The SMILES string of the molecule is CCCCCCCCCCCCCCCCSCC(C[N+]1(C)CCCC1)OC.[I-]. The molecule has 0 bridgehead atoms. The lowest BCUT2D eigenvalue weighted by atomic mass is 10.0. The van der Waals surface area contributed by atoms with Gasteiger partial charge in [-0.25, -0.2) is 0 Å². The molecule has 1 heterocycles. The molecule has 1 aliphatic heterocycles. The van der Waals surface area contributed by atoms with Crippen LogP contribution in [0.4, 0.5) is 0 Å². The van der Waals surface area contributed by atoms with Gasteiger partial charge in [0.25, 0.3) is 0 Å². The van der Waals surface area contributed by atoms with Gasteiger partial charge in [0.1, 0.15) is 12.6 Å². The zero-order valence-corrected chi connectivity index (χ0v) is 23.0. The van der Waals surface area contributed by atoms with Crippen molar-refractivity contribution in [2.45, 2.75) is 116 Å². The maximum atomic E-state index is 5.77. The van der Waals surface area contributed by atoms with Crippen LogP contribution in [0.5, 0.6) is 0 Å². The van der Waals surface area contributed by atoms with Crippen molar-refractivity contribution in [1.29, 1.82) is 0 Å². The Morgan fingerprint density at radius 3 is 1.66 bits per heavy atom. The summed E-state index contributed by atoms with van der Waals surface area (Å²) in [6.07, 6.45) is 23.5. The second kappa shape index (κ2) is 20.9. The molecule has 1 unspecified atom stereocenters. The first-order valence-corrected chi connectivity index (χ1v) is 13.8. The first-order valence-electron chi connectivity index (χ1n) is 12.6. The van der Waals surface area contributed by atoms with Gasteiger partial charge in [0.2, 0.25) is 0 Å². The molecule has 0 aliphatic carbocycles. The van der Waals surface area contributed by atoms with E-state index in [1.807, 2.05) is 7.11 Å². The Morgan fingerprint density at radius 2 is 1.21 bits per heavy atom. The molecule has 29 heavy (non-hydrogen) atoms. The van der Waals surface area contributed by atoms with Crippen LogP contribution in [-0.4, -0.2) is 55.9 Å². The number of likely N-dealkylation sites (N-methyl/N-ethyl adjacent to an activating group) is 1. The van der Waals surface area contributed by atoms with E-state index in [9.17, 15) is 0 Å². The molecule has 176 valence electrons. The van der Waals surface area contributed by atoms with Gasteiger partial charge >= 0.3 is 0 Å². The fourth-order valence-corrected chi connectivity index (χ4v) is 5.66. The molecule has 0 N–H and O–H groups in total. The highest BCUT2D eigenvalue weighted by molar-refractivity contribution is 7.99. The number of halogens is 1. The Hall–Kier alpha value is 1.00. The van der Waals surface area contributed by atoms with Gasteiger partial charge in [0, 0.05) is 25.7 Å². The number of quaternary nitrogens is 1. The summed E-state index contributed by atoms with van der Waals surface area (Å²) in [7, 11) is 4.32. The quantitative estimate of drug-likeness (QED) is 0.128. The minimum atomic E-state index is 0. The van der Waals surface area contributed by atoms with E-state index >= 15 is 0 Å². The second-order valence-electron chi connectivity index (χ2n) is 9.49. The first-order chi connectivity index (χ1) is 13.7. The molecule has 0 spiro atoms. The Kier molecular flexibility index (Phi) is 21.6. The van der Waals surface area contributed by atoms with E-state index in [1.54, 1.807) is 0 Å². The number of ether oxygens (including phenoxy) is 1. The molecule has 0 aromatic heterocycles. The number of methoxy groups -OCH3 is 1. The molecule has 1 fully saturated rings. The van der Waals surface area contributed by atoms with E-state index < -0.39 is 0 Å². The van der Waals surface area contributed by atoms with Crippen LogP contribution in [0.2, 0.25) is 0 Å². The first kappa shape index (κ1) is 30.0. The van der Waals surface area contributed by atoms with Crippen molar-refractivity contribution in [3.05, 3.63) is 0 Å². The van der Waals surface area contributed by atoms with Crippen LogP contribution in [0.15, 0.2) is 0 Å². The number of rotatable bonds is 20. The summed E-state index contributed by atoms with van der Waals surface area (Å²) in [4.78, 5) is 0. The molecule has 0 amide bonds. The average molecular weight is 542 g/mol. The van der Waals surface area contributed by atoms with Crippen molar-refractivity contribution in [3.8, 4) is 0 Å². The Bertz CT molecular complexity index is 337. The number of hydrogen-bond donors (Lipinski definition) is 0. The molecular weight excluding hydrogens is 489 g/mol. The van der Waals surface area contributed by atoms with Gasteiger partial charge in [0.05, 0.1) is 20.1 Å². The van der Waals surface area contributed by atoms with Crippen LogP contribution in [-0.2, 0) is 4.74 Å². The predicted octanol–water partition coefficient (Wildman–Crippen LogP) is 4.46. The lowest BCUT2D eigenvalue weighted by Crippen LogP contribution is -3.00. The van der Waals surface area contributed by atoms with Crippen LogP contribution in [0.3, 0.4) is 0 Å². The molecule has 0 saturated carbocycles. The topological polar surface area (TPSA) is 9.23 Å². The van der Waals surface area contributed by atoms with Crippen molar-refractivity contribution < 1.29 is 33.2 Å². The van der Waals surface area contributed by atoms with Gasteiger partial charge in [0.15, 0.2) is 0 Å². The largest absolute Gasteiger partial charge is 1.00 e. The van der Waals surface area contributed by atoms with Crippen molar-refractivity contribution in [1.82, 2.24) is 0 Å². The van der Waals surface area contributed by atoms with Gasteiger partial charge in [-0.15, -0.1) is 0 Å². The molecule has 1 saturated heterocycles. The van der Waals surface area contributed by atoms with Gasteiger partial charge in [-0.1, -0.05) is 90.4 Å². The second-order valence-corrected chi connectivity index (χ2v) is 10.6. The summed E-state index contributed by atoms with van der Waals surface area (Å²) in [5.41, 5.74) is 0. The van der Waals surface area contributed by atoms with Gasteiger partial charge in [-0.3, -0.25) is 0 Å². The highest BCUT2D eigenvalue weighted by Gasteiger charge is 2.30. The number of likely N-dealkylation sites (tertiary alicyclic amines) is 1. The third-order valence-corrected chi connectivity index (χ3v) is 7.75. The maximum absolute atomic E-state index is 5.77. The zero-order valence-electron chi connectivity index (χ0n) is 20.1. The van der Waals surface area contributed by atoms with Crippen molar-refractivity contribution in [2.75, 3.05) is 45.3 Å². The third-order valence-electron chi connectivity index (χ3n) is 6.57. The van der Waals surface area contributed by atoms with Crippen molar-refractivity contribution in [2.24, 2.45) is 0 Å². The lowest BCUT2D eigenvalue weighted by Gasteiger charge is -2.32. The minimum Gasteiger partial charge on any atom is -1.00 e. The Morgan fingerprint density at radius 1 is 0.759 bits per heavy atom. The standard InChI is InChI=1S/C25H52NOS.HI/c1-4-5-6-7-8-9-10-11-12-13-14-15-16-19-22-28-24-25(27-3)23-26(2)20-17-18-21-26;/h25H,4-24H2,1-3H3;1H/q+1;/p-1. The number of thioether (sulfide) groups is 1. The highest BCUT2D eigenvalue weighted by atomic mass is 127. The van der Waals surface area contributed by atoms with E-state index in [0.717, 1.165) is 0 Å². The van der Waals surface area contributed by atoms with E-state index in [4.69, 9.17) is 4.74 Å². The summed E-state index contributed by atoms with van der Waals surface area (Å²) in [6, 6.07) is 0. The monoisotopic (exact) mass is 541 g/mol. The van der Waals surface area contributed by atoms with Gasteiger partial charge in [-0.05, 0) is 12.2 Å². The fraction of sp³-hybridized carbons (Fsp3) is 1.00. The van der Waals surface area contributed by atoms with E-state index in [-0.39, 0.29) is 24.0 Å². The zero-order chi connectivity index (χ0) is 20.3. The molecule has 0 radical (unpaired) electrons.